The van der Waals surface area contributed by atoms with Crippen molar-refractivity contribution >= 4 is 50.6 Å². The number of hydrogen-bond donors (Lipinski definition) is 0. The highest BCUT2D eigenvalue weighted by Crippen LogP contribution is 2.36. The molecule has 0 saturated carbocycles. The fraction of sp³-hybridized carbons (Fsp3) is 0.292. The van der Waals surface area contributed by atoms with Crippen LogP contribution in [0.25, 0.3) is 6.08 Å². The van der Waals surface area contributed by atoms with Gasteiger partial charge in [0.2, 0.25) is 0 Å². The first-order chi connectivity index (χ1) is 15.8. The molecule has 1 aromatic carbocycles. The number of thiophene rings is 1. The summed E-state index contributed by atoms with van der Waals surface area (Å²) in [5, 5.41) is 0. The molecular formula is C24H23BrN2O4S2. The number of fused-ring (bicyclic) bond motifs is 1. The molecule has 1 atom stereocenters. The first-order valence-corrected chi connectivity index (χ1v) is 12.9. The van der Waals surface area contributed by atoms with E-state index in [1.807, 2.05) is 56.3 Å². The summed E-state index contributed by atoms with van der Waals surface area (Å²) in [6.07, 6.45) is 1.78. The van der Waals surface area contributed by atoms with Crippen molar-refractivity contribution in [1.29, 1.82) is 0 Å². The Labute approximate surface area is 207 Å². The zero-order valence-corrected chi connectivity index (χ0v) is 21.8. The van der Waals surface area contributed by atoms with Crippen molar-refractivity contribution in [2.45, 2.75) is 39.8 Å². The minimum absolute atomic E-state index is 0.0737. The van der Waals surface area contributed by atoms with Crippen LogP contribution >= 0.6 is 38.6 Å². The summed E-state index contributed by atoms with van der Waals surface area (Å²) in [7, 11) is 0. The smallest absolute Gasteiger partial charge is 0.338 e. The number of para-hydroxylation sites is 1. The summed E-state index contributed by atoms with van der Waals surface area (Å²) in [5.74, 6) is 0.130. The molecular weight excluding hydrogens is 524 g/mol. The van der Waals surface area contributed by atoms with Crippen LogP contribution in [0.1, 0.15) is 44.2 Å². The SMILES string of the molecule is CCOC(=O)C1=C(C)N=c2s/c(=C/c3ccc(Br)s3)c(=O)n2[C@@H]1c1ccccc1OC(C)C. The Morgan fingerprint density at radius 1 is 1.24 bits per heavy atom. The topological polar surface area (TPSA) is 69.9 Å². The Morgan fingerprint density at radius 2 is 2.00 bits per heavy atom. The van der Waals surface area contributed by atoms with Crippen LogP contribution in [0.5, 0.6) is 5.75 Å². The van der Waals surface area contributed by atoms with Crippen LogP contribution in [0.2, 0.25) is 0 Å². The maximum atomic E-state index is 13.6. The van der Waals surface area contributed by atoms with Gasteiger partial charge in [0.15, 0.2) is 4.80 Å². The van der Waals surface area contributed by atoms with E-state index in [1.54, 1.807) is 29.8 Å². The summed E-state index contributed by atoms with van der Waals surface area (Å²) < 4.78 is 14.5. The number of allylic oxidation sites excluding steroid dienone is 1. The molecule has 3 aromatic rings. The van der Waals surface area contributed by atoms with E-state index < -0.39 is 12.0 Å². The summed E-state index contributed by atoms with van der Waals surface area (Å²) in [6.45, 7) is 7.64. The number of benzene rings is 1. The lowest BCUT2D eigenvalue weighted by atomic mass is 9.95. The van der Waals surface area contributed by atoms with Crippen LogP contribution in [0.4, 0.5) is 0 Å². The molecule has 0 saturated heterocycles. The van der Waals surface area contributed by atoms with Crippen molar-refractivity contribution in [3.63, 3.8) is 0 Å². The highest BCUT2D eigenvalue weighted by Gasteiger charge is 2.35. The van der Waals surface area contributed by atoms with Crippen molar-refractivity contribution in [1.82, 2.24) is 4.57 Å². The minimum atomic E-state index is -0.701. The van der Waals surface area contributed by atoms with Crippen molar-refractivity contribution in [2.75, 3.05) is 6.61 Å². The van der Waals surface area contributed by atoms with Crippen LogP contribution in [-0.4, -0.2) is 23.2 Å². The fourth-order valence-electron chi connectivity index (χ4n) is 3.69. The maximum Gasteiger partial charge on any atom is 0.338 e. The second-order valence-electron chi connectivity index (χ2n) is 7.65. The van der Waals surface area contributed by atoms with Crippen LogP contribution in [0.3, 0.4) is 0 Å². The molecule has 2 aromatic heterocycles. The van der Waals surface area contributed by atoms with E-state index in [-0.39, 0.29) is 18.3 Å². The second-order valence-corrected chi connectivity index (χ2v) is 11.2. The molecule has 0 amide bonds. The lowest BCUT2D eigenvalue weighted by Crippen LogP contribution is -2.40. The molecule has 0 fully saturated rings. The van der Waals surface area contributed by atoms with E-state index in [4.69, 9.17) is 9.47 Å². The number of hydrogen-bond acceptors (Lipinski definition) is 7. The van der Waals surface area contributed by atoms with Gasteiger partial charge in [0.1, 0.15) is 11.8 Å². The summed E-state index contributed by atoms with van der Waals surface area (Å²) in [4.78, 5) is 32.8. The zero-order valence-electron chi connectivity index (χ0n) is 18.6. The number of rotatable bonds is 6. The van der Waals surface area contributed by atoms with Gasteiger partial charge in [-0.3, -0.25) is 9.36 Å². The zero-order chi connectivity index (χ0) is 23.7. The molecule has 6 nitrogen and oxygen atoms in total. The third kappa shape index (κ3) is 4.76. The largest absolute Gasteiger partial charge is 0.491 e. The lowest BCUT2D eigenvalue weighted by Gasteiger charge is -2.26. The normalized spacial score (nSPS) is 16.1. The maximum absolute atomic E-state index is 13.6. The number of aromatic nitrogens is 1. The Balaban J connectivity index is 1.98. The quantitative estimate of drug-likeness (QED) is 0.429. The van der Waals surface area contributed by atoms with E-state index in [9.17, 15) is 9.59 Å². The molecule has 172 valence electrons. The number of carbonyl (C=O) groups is 1. The minimum Gasteiger partial charge on any atom is -0.491 e. The van der Waals surface area contributed by atoms with Crippen molar-refractivity contribution in [3.05, 3.63) is 81.6 Å². The third-order valence-corrected chi connectivity index (χ3v) is 7.51. The van der Waals surface area contributed by atoms with E-state index in [0.717, 1.165) is 14.2 Å². The summed E-state index contributed by atoms with van der Waals surface area (Å²) in [5.41, 5.74) is 1.39. The molecule has 0 spiro atoms. The number of esters is 1. The van der Waals surface area contributed by atoms with Gasteiger partial charge in [-0.05, 0) is 67.9 Å². The van der Waals surface area contributed by atoms with Crippen LogP contribution in [0, 0.1) is 0 Å². The molecule has 9 heteroatoms. The highest BCUT2D eigenvalue weighted by molar-refractivity contribution is 9.11. The average molecular weight is 547 g/mol. The Kier molecular flexibility index (Phi) is 7.02. The van der Waals surface area contributed by atoms with E-state index in [2.05, 4.69) is 20.9 Å². The van der Waals surface area contributed by atoms with Gasteiger partial charge in [0.05, 0.1) is 32.3 Å². The Morgan fingerprint density at radius 3 is 2.67 bits per heavy atom. The predicted octanol–water partition coefficient (Wildman–Crippen LogP) is 4.41. The molecule has 0 radical (unpaired) electrons. The lowest BCUT2D eigenvalue weighted by molar-refractivity contribution is -0.139. The van der Waals surface area contributed by atoms with Crippen LogP contribution in [0.15, 0.2) is 61.2 Å². The molecule has 1 aliphatic rings. The molecule has 0 unspecified atom stereocenters. The first-order valence-electron chi connectivity index (χ1n) is 10.5. The fourth-order valence-corrected chi connectivity index (χ4v) is 6.17. The number of halogens is 1. The van der Waals surface area contributed by atoms with Gasteiger partial charge in [-0.15, -0.1) is 11.3 Å². The molecule has 0 bridgehead atoms. The molecule has 1 aliphatic heterocycles. The molecule has 4 rings (SSSR count). The average Bonchev–Trinajstić information content (AvgIpc) is 3.30. The molecule has 3 heterocycles. The van der Waals surface area contributed by atoms with Crippen molar-refractivity contribution in [3.8, 4) is 5.75 Å². The number of thiazole rings is 1. The van der Waals surface area contributed by atoms with Gasteiger partial charge in [0.25, 0.3) is 5.56 Å². The van der Waals surface area contributed by atoms with Gasteiger partial charge in [-0.2, -0.15) is 0 Å². The number of ether oxygens (including phenoxy) is 2. The Hall–Kier alpha value is -2.49. The standard InChI is InChI=1S/C24H23BrN2O4S2/c1-5-30-23(29)20-14(4)26-24-27(21(20)16-8-6-7-9-17(16)31-13(2)3)22(28)18(33-24)12-15-10-11-19(25)32-15/h6-13,21H,5H2,1-4H3/b18-12+/t21-/m1/s1. The van der Waals surface area contributed by atoms with Gasteiger partial charge in [-0.25, -0.2) is 9.79 Å². The number of carbonyl (C=O) groups excluding carboxylic acids is 1. The van der Waals surface area contributed by atoms with E-state index in [1.165, 1.54) is 11.3 Å². The third-order valence-electron chi connectivity index (χ3n) is 4.96. The summed E-state index contributed by atoms with van der Waals surface area (Å²) in [6, 6.07) is 10.7. The molecule has 33 heavy (non-hydrogen) atoms. The van der Waals surface area contributed by atoms with Gasteiger partial charge >= 0.3 is 5.97 Å². The van der Waals surface area contributed by atoms with Crippen LogP contribution in [-0.2, 0) is 9.53 Å². The second kappa shape index (κ2) is 9.79. The van der Waals surface area contributed by atoms with Gasteiger partial charge < -0.3 is 9.47 Å². The van der Waals surface area contributed by atoms with Gasteiger partial charge in [-0.1, -0.05) is 29.5 Å². The molecule has 0 N–H and O–H groups in total. The van der Waals surface area contributed by atoms with E-state index >= 15 is 0 Å². The monoisotopic (exact) mass is 546 g/mol. The van der Waals surface area contributed by atoms with Crippen molar-refractivity contribution in [2.24, 2.45) is 4.99 Å². The summed E-state index contributed by atoms with van der Waals surface area (Å²) >= 11 is 6.31. The van der Waals surface area contributed by atoms with Crippen LogP contribution < -0.4 is 19.6 Å². The number of nitrogens with zero attached hydrogens (tertiary/aromatic N) is 2. The van der Waals surface area contributed by atoms with E-state index in [0.29, 0.717) is 26.4 Å². The molecule has 0 aliphatic carbocycles. The predicted molar refractivity (Wildman–Crippen MR) is 135 cm³/mol. The highest BCUT2D eigenvalue weighted by atomic mass is 79.9. The first kappa shape index (κ1) is 23.7. The Bertz CT molecular complexity index is 1410. The van der Waals surface area contributed by atoms with Crippen molar-refractivity contribution < 1.29 is 14.3 Å². The van der Waals surface area contributed by atoms with Gasteiger partial charge in [0, 0.05) is 10.4 Å².